The lowest BCUT2D eigenvalue weighted by Gasteiger charge is -2.06. The van der Waals surface area contributed by atoms with Crippen molar-refractivity contribution in [2.24, 2.45) is 21.5 Å². The zero-order valence-electron chi connectivity index (χ0n) is 17.2. The van der Waals surface area contributed by atoms with Crippen LogP contribution in [-0.4, -0.2) is 24.0 Å². The molecule has 2 aliphatic rings. The molecule has 1 aromatic heterocycles. The van der Waals surface area contributed by atoms with Crippen LogP contribution in [0.3, 0.4) is 0 Å². The van der Waals surface area contributed by atoms with Gasteiger partial charge in [0.2, 0.25) is 0 Å². The molecule has 31 heavy (non-hydrogen) atoms. The Balaban J connectivity index is 1.24. The van der Waals surface area contributed by atoms with E-state index in [9.17, 15) is 0 Å². The van der Waals surface area contributed by atoms with Gasteiger partial charge in [0.1, 0.15) is 11.5 Å². The highest BCUT2D eigenvalue weighted by molar-refractivity contribution is 5.93. The van der Waals surface area contributed by atoms with Gasteiger partial charge in [-0.2, -0.15) is 0 Å². The minimum atomic E-state index is 0.395. The van der Waals surface area contributed by atoms with Crippen molar-refractivity contribution < 1.29 is 4.42 Å². The summed E-state index contributed by atoms with van der Waals surface area (Å²) in [5.74, 6) is 2.55. The Hall–Kier alpha value is -3.74. The first kappa shape index (κ1) is 19.2. The van der Waals surface area contributed by atoms with Gasteiger partial charge in [-0.25, -0.2) is 9.98 Å². The molecule has 2 saturated carbocycles. The number of anilines is 2. The fourth-order valence-corrected chi connectivity index (χ4v) is 3.24. The predicted molar refractivity (Wildman–Crippen MR) is 126 cm³/mol. The van der Waals surface area contributed by atoms with E-state index in [2.05, 4.69) is 20.6 Å². The van der Waals surface area contributed by atoms with Crippen LogP contribution < -0.4 is 22.1 Å². The lowest BCUT2D eigenvalue weighted by Crippen LogP contribution is -2.22. The Morgan fingerprint density at radius 2 is 1.03 bits per heavy atom. The molecule has 5 rings (SSSR count). The molecule has 7 nitrogen and oxygen atoms in total. The Morgan fingerprint density at radius 1 is 0.645 bits per heavy atom. The van der Waals surface area contributed by atoms with Crippen LogP contribution in [-0.2, 0) is 0 Å². The molecule has 6 N–H and O–H groups in total. The molecule has 0 spiro atoms. The third-order valence-corrected chi connectivity index (χ3v) is 5.23. The maximum absolute atomic E-state index is 6.08. The summed E-state index contributed by atoms with van der Waals surface area (Å²) in [4.78, 5) is 8.77. The van der Waals surface area contributed by atoms with Crippen LogP contribution in [0.4, 0.5) is 11.4 Å². The zero-order chi connectivity index (χ0) is 21.2. The minimum Gasteiger partial charge on any atom is -0.456 e. The first-order chi connectivity index (χ1) is 15.1. The quantitative estimate of drug-likeness (QED) is 0.353. The fraction of sp³-hybridized carbons (Fsp3) is 0.250. The van der Waals surface area contributed by atoms with Gasteiger partial charge in [0, 0.05) is 22.5 Å². The third kappa shape index (κ3) is 5.06. The summed E-state index contributed by atoms with van der Waals surface area (Å²) in [6.07, 6.45) is 4.52. The smallest absolute Gasteiger partial charge is 0.193 e. The van der Waals surface area contributed by atoms with Crippen molar-refractivity contribution in [2.45, 2.75) is 37.8 Å². The molecule has 0 atom stereocenters. The van der Waals surface area contributed by atoms with Crippen molar-refractivity contribution in [3.63, 3.8) is 0 Å². The van der Waals surface area contributed by atoms with Gasteiger partial charge in [0.15, 0.2) is 11.9 Å². The maximum atomic E-state index is 6.08. The highest BCUT2D eigenvalue weighted by Gasteiger charge is 2.21. The number of hydrogen-bond acceptors (Lipinski definition) is 3. The second-order valence-electron chi connectivity index (χ2n) is 8.06. The summed E-state index contributed by atoms with van der Waals surface area (Å²) in [5.41, 5.74) is 15.7. The molecule has 2 aliphatic carbocycles. The van der Waals surface area contributed by atoms with Crippen molar-refractivity contribution >= 4 is 23.3 Å². The van der Waals surface area contributed by atoms with Crippen molar-refractivity contribution in [3.05, 3.63) is 60.7 Å². The Kier molecular flexibility index (Phi) is 5.08. The summed E-state index contributed by atoms with van der Waals surface area (Å²) in [7, 11) is 0. The van der Waals surface area contributed by atoms with Gasteiger partial charge in [-0.1, -0.05) is 0 Å². The standard InChI is InChI=1S/C24H26N6O/c25-23(29-19-9-10-19)27-17-5-1-15(2-6-17)21-13-14-22(31-21)16-3-7-18(8-4-16)28-24(26)30-20-11-12-20/h1-8,13-14,19-20H,9-12H2,(H3,25,27,29)(H3,26,28,30). The molecule has 0 radical (unpaired) electrons. The van der Waals surface area contributed by atoms with Crippen LogP contribution in [0.1, 0.15) is 25.7 Å². The van der Waals surface area contributed by atoms with E-state index in [-0.39, 0.29) is 0 Å². The van der Waals surface area contributed by atoms with Crippen LogP contribution in [0.5, 0.6) is 0 Å². The van der Waals surface area contributed by atoms with E-state index in [1.165, 1.54) is 0 Å². The van der Waals surface area contributed by atoms with Gasteiger partial charge in [-0.05, 0) is 86.3 Å². The predicted octanol–water partition coefficient (Wildman–Crippen LogP) is 4.39. The zero-order valence-corrected chi connectivity index (χ0v) is 17.2. The van der Waals surface area contributed by atoms with Crippen LogP contribution in [0.25, 0.3) is 22.6 Å². The van der Waals surface area contributed by atoms with Crippen molar-refractivity contribution in [1.82, 2.24) is 0 Å². The van der Waals surface area contributed by atoms with Gasteiger partial charge >= 0.3 is 0 Å². The molecule has 0 bridgehead atoms. The van der Waals surface area contributed by atoms with Gasteiger partial charge in [-0.3, -0.25) is 0 Å². The SMILES string of the molecule is NC(=NC1CC1)Nc1ccc(-c2ccc(-c3ccc(NC(N)=NC4CC4)cc3)o2)cc1. The lowest BCUT2D eigenvalue weighted by atomic mass is 10.1. The van der Waals surface area contributed by atoms with E-state index in [0.29, 0.717) is 24.0 Å². The minimum absolute atomic E-state index is 0.395. The van der Waals surface area contributed by atoms with Crippen LogP contribution in [0.2, 0.25) is 0 Å². The molecule has 3 aromatic rings. The summed E-state index contributed by atoms with van der Waals surface area (Å²) < 4.78 is 6.08. The molecule has 0 unspecified atom stereocenters. The lowest BCUT2D eigenvalue weighted by molar-refractivity contribution is 0.597. The normalized spacial score (nSPS) is 16.9. The van der Waals surface area contributed by atoms with E-state index in [1.807, 2.05) is 60.7 Å². The monoisotopic (exact) mass is 414 g/mol. The molecule has 7 heteroatoms. The van der Waals surface area contributed by atoms with Gasteiger partial charge in [-0.15, -0.1) is 0 Å². The number of nitrogens with one attached hydrogen (secondary N) is 2. The van der Waals surface area contributed by atoms with E-state index in [0.717, 1.165) is 59.7 Å². The Labute approximate surface area is 181 Å². The number of nitrogens with two attached hydrogens (primary N) is 2. The van der Waals surface area contributed by atoms with Crippen molar-refractivity contribution in [1.29, 1.82) is 0 Å². The van der Waals surface area contributed by atoms with Crippen molar-refractivity contribution in [2.75, 3.05) is 10.6 Å². The van der Waals surface area contributed by atoms with E-state index in [1.54, 1.807) is 0 Å². The maximum Gasteiger partial charge on any atom is 0.193 e. The van der Waals surface area contributed by atoms with Gasteiger partial charge in [0.25, 0.3) is 0 Å². The van der Waals surface area contributed by atoms with E-state index in [4.69, 9.17) is 15.9 Å². The first-order valence-corrected chi connectivity index (χ1v) is 10.6. The largest absolute Gasteiger partial charge is 0.456 e. The molecule has 0 saturated heterocycles. The second kappa shape index (κ2) is 8.18. The molecule has 0 aliphatic heterocycles. The summed E-state index contributed by atoms with van der Waals surface area (Å²) in [6, 6.07) is 20.7. The highest BCUT2D eigenvalue weighted by atomic mass is 16.3. The highest BCUT2D eigenvalue weighted by Crippen LogP contribution is 2.30. The van der Waals surface area contributed by atoms with Gasteiger partial charge in [0.05, 0.1) is 12.1 Å². The fourth-order valence-electron chi connectivity index (χ4n) is 3.24. The average Bonchev–Trinajstić information content (AvgIpc) is 3.69. The average molecular weight is 415 g/mol. The van der Waals surface area contributed by atoms with E-state index >= 15 is 0 Å². The number of aliphatic imine (C=N–C) groups is 2. The van der Waals surface area contributed by atoms with Crippen LogP contribution >= 0.6 is 0 Å². The van der Waals surface area contributed by atoms with Crippen molar-refractivity contribution in [3.8, 4) is 22.6 Å². The Morgan fingerprint density at radius 3 is 1.39 bits per heavy atom. The molecular formula is C24H26N6O. The molecular weight excluding hydrogens is 388 g/mol. The van der Waals surface area contributed by atoms with Crippen LogP contribution in [0, 0.1) is 0 Å². The number of furan rings is 1. The summed E-state index contributed by atoms with van der Waals surface area (Å²) in [5, 5.41) is 6.26. The van der Waals surface area contributed by atoms with Gasteiger partial charge < -0.3 is 26.5 Å². The first-order valence-electron chi connectivity index (χ1n) is 10.6. The van der Waals surface area contributed by atoms with Crippen LogP contribution in [0.15, 0.2) is 75.1 Å². The summed E-state index contributed by atoms with van der Waals surface area (Å²) in [6.45, 7) is 0. The topological polar surface area (TPSA) is 114 Å². The number of rotatable bonds is 6. The second-order valence-corrected chi connectivity index (χ2v) is 8.06. The molecule has 0 amide bonds. The number of guanidine groups is 2. The number of nitrogens with zero attached hydrogens (tertiary/aromatic N) is 2. The molecule has 1 heterocycles. The van der Waals surface area contributed by atoms with E-state index < -0.39 is 0 Å². The molecule has 158 valence electrons. The Bertz CT molecular complexity index is 1020. The number of hydrogen-bond donors (Lipinski definition) is 4. The molecule has 2 aromatic carbocycles. The third-order valence-electron chi connectivity index (χ3n) is 5.23. The molecule has 2 fully saturated rings. The number of benzene rings is 2. The summed E-state index contributed by atoms with van der Waals surface area (Å²) >= 11 is 0.